The first kappa shape index (κ1) is 12.2. The third kappa shape index (κ3) is 2.90. The van der Waals surface area contributed by atoms with E-state index in [1.807, 2.05) is 36.4 Å². The molecule has 82 valence electrons. The van der Waals surface area contributed by atoms with Crippen LogP contribution in [-0.4, -0.2) is 0 Å². The molecule has 16 heavy (non-hydrogen) atoms. The molecule has 0 heterocycles. The molecule has 0 bridgehead atoms. The van der Waals surface area contributed by atoms with Crippen molar-refractivity contribution in [2.24, 2.45) is 0 Å². The van der Waals surface area contributed by atoms with Crippen LogP contribution in [-0.2, 0) is 0 Å². The summed E-state index contributed by atoms with van der Waals surface area (Å²) >= 11 is 11.6. The quantitative estimate of drug-likeness (QED) is 0.470. The summed E-state index contributed by atoms with van der Waals surface area (Å²) in [5.41, 5.74) is 0. The molecule has 0 aliphatic rings. The van der Waals surface area contributed by atoms with Crippen molar-refractivity contribution in [2.45, 2.75) is 0 Å². The number of halogens is 3. The van der Waals surface area contributed by atoms with E-state index in [0.717, 1.165) is 19.5 Å². The number of benzene rings is 2. The van der Waals surface area contributed by atoms with Crippen LogP contribution in [0.15, 0.2) is 46.9 Å². The number of ether oxygens (including phenoxy) is 1. The summed E-state index contributed by atoms with van der Waals surface area (Å²) in [7, 11) is 0. The van der Waals surface area contributed by atoms with Gasteiger partial charge >= 0.3 is 0 Å². The van der Waals surface area contributed by atoms with E-state index in [1.165, 1.54) is 0 Å². The first-order valence-electron chi connectivity index (χ1n) is 4.54. The van der Waals surface area contributed by atoms with Crippen LogP contribution < -0.4 is 4.74 Å². The van der Waals surface area contributed by atoms with Crippen molar-refractivity contribution in [3.63, 3.8) is 0 Å². The monoisotopic (exact) mass is 408 g/mol. The zero-order chi connectivity index (χ0) is 11.5. The summed E-state index contributed by atoms with van der Waals surface area (Å²) in [6.45, 7) is 0. The minimum Gasteiger partial charge on any atom is -0.456 e. The Kier molecular flexibility index (Phi) is 4.10. The summed E-state index contributed by atoms with van der Waals surface area (Å²) in [5, 5.41) is 0.651. The Hall–Kier alpha value is -0.260. The highest BCUT2D eigenvalue weighted by Gasteiger charge is 2.08. The molecule has 0 saturated carbocycles. The molecule has 0 radical (unpaired) electrons. The van der Waals surface area contributed by atoms with E-state index in [9.17, 15) is 0 Å². The van der Waals surface area contributed by atoms with Gasteiger partial charge in [0.25, 0.3) is 0 Å². The highest BCUT2D eigenvalue weighted by molar-refractivity contribution is 14.1. The predicted molar refractivity (Wildman–Crippen MR) is 78.4 cm³/mol. The van der Waals surface area contributed by atoms with Crippen molar-refractivity contribution >= 4 is 50.1 Å². The second-order valence-corrected chi connectivity index (χ2v) is 5.48. The zero-order valence-corrected chi connectivity index (χ0v) is 12.6. The van der Waals surface area contributed by atoms with Crippen LogP contribution in [0, 0.1) is 3.57 Å². The summed E-state index contributed by atoms with van der Waals surface area (Å²) in [5.74, 6) is 1.56. The molecule has 2 aromatic carbocycles. The summed E-state index contributed by atoms with van der Waals surface area (Å²) in [6, 6.07) is 13.3. The first-order chi connectivity index (χ1) is 7.66. The maximum absolute atomic E-state index is 5.97. The lowest BCUT2D eigenvalue weighted by atomic mass is 10.3. The van der Waals surface area contributed by atoms with Crippen molar-refractivity contribution in [3.8, 4) is 11.5 Å². The van der Waals surface area contributed by atoms with Crippen molar-refractivity contribution in [2.75, 3.05) is 0 Å². The van der Waals surface area contributed by atoms with Gasteiger partial charge in [0.1, 0.15) is 11.5 Å². The molecular formula is C12H7BrClIO. The van der Waals surface area contributed by atoms with Crippen molar-refractivity contribution in [1.82, 2.24) is 0 Å². The first-order valence-corrected chi connectivity index (χ1v) is 6.79. The highest BCUT2D eigenvalue weighted by Crippen LogP contribution is 2.34. The van der Waals surface area contributed by atoms with Crippen LogP contribution in [0.3, 0.4) is 0 Å². The van der Waals surface area contributed by atoms with Gasteiger partial charge in [-0.2, -0.15) is 0 Å². The van der Waals surface area contributed by atoms with Gasteiger partial charge in [-0.05, 0) is 56.7 Å². The topological polar surface area (TPSA) is 9.23 Å². The smallest absolute Gasteiger partial charge is 0.143 e. The Morgan fingerprint density at radius 2 is 1.81 bits per heavy atom. The van der Waals surface area contributed by atoms with Crippen molar-refractivity contribution in [3.05, 3.63) is 55.5 Å². The summed E-state index contributed by atoms with van der Waals surface area (Å²) < 4.78 is 7.69. The maximum Gasteiger partial charge on any atom is 0.143 e. The van der Waals surface area contributed by atoms with Crippen molar-refractivity contribution in [1.29, 1.82) is 0 Å². The molecule has 0 spiro atoms. The molecule has 0 unspecified atom stereocenters. The van der Waals surface area contributed by atoms with Crippen LogP contribution in [0.4, 0.5) is 0 Å². The molecule has 0 saturated heterocycles. The lowest BCUT2D eigenvalue weighted by Crippen LogP contribution is -1.88. The van der Waals surface area contributed by atoms with Gasteiger partial charge in [-0.1, -0.05) is 29.8 Å². The number of para-hydroxylation sites is 1. The third-order valence-electron chi connectivity index (χ3n) is 1.93. The molecule has 0 fully saturated rings. The van der Waals surface area contributed by atoms with Crippen LogP contribution in [0.5, 0.6) is 11.5 Å². The molecule has 2 aromatic rings. The highest BCUT2D eigenvalue weighted by atomic mass is 127. The molecule has 0 aliphatic heterocycles. The third-order valence-corrected chi connectivity index (χ3v) is 4.63. The standard InChI is InChI=1S/C12H7BrClIO/c13-10-6-8(14)7-11(12(10)15)16-9-4-2-1-3-5-9/h1-7H. The van der Waals surface area contributed by atoms with Crippen molar-refractivity contribution < 1.29 is 4.74 Å². The Morgan fingerprint density at radius 3 is 2.50 bits per heavy atom. The zero-order valence-electron chi connectivity index (χ0n) is 8.08. The maximum atomic E-state index is 5.97. The SMILES string of the molecule is Clc1cc(Br)c(I)c(Oc2ccccc2)c1. The molecule has 0 N–H and O–H groups in total. The van der Waals surface area contributed by atoms with E-state index in [0.29, 0.717) is 5.02 Å². The van der Waals surface area contributed by atoms with E-state index in [4.69, 9.17) is 16.3 Å². The average Bonchev–Trinajstić information content (AvgIpc) is 2.27. The molecule has 0 amide bonds. The van der Waals surface area contributed by atoms with Gasteiger partial charge < -0.3 is 4.74 Å². The summed E-state index contributed by atoms with van der Waals surface area (Å²) in [4.78, 5) is 0. The van der Waals surface area contributed by atoms with Crippen LogP contribution in [0.2, 0.25) is 5.02 Å². The van der Waals surface area contributed by atoms with Crippen LogP contribution in [0.1, 0.15) is 0 Å². The number of rotatable bonds is 2. The molecule has 2 rings (SSSR count). The van der Waals surface area contributed by atoms with Gasteiger partial charge in [-0.3, -0.25) is 0 Å². The fourth-order valence-corrected chi connectivity index (χ4v) is 2.43. The van der Waals surface area contributed by atoms with E-state index >= 15 is 0 Å². The fourth-order valence-electron chi connectivity index (χ4n) is 1.22. The molecule has 0 aromatic heterocycles. The Morgan fingerprint density at radius 1 is 1.12 bits per heavy atom. The summed E-state index contributed by atoms with van der Waals surface area (Å²) in [6.07, 6.45) is 0. The van der Waals surface area contributed by atoms with Gasteiger partial charge in [-0.25, -0.2) is 0 Å². The van der Waals surface area contributed by atoms with E-state index in [2.05, 4.69) is 38.5 Å². The van der Waals surface area contributed by atoms with E-state index in [-0.39, 0.29) is 0 Å². The van der Waals surface area contributed by atoms with Gasteiger partial charge in [0.05, 0.1) is 3.57 Å². The Balaban J connectivity index is 2.35. The van der Waals surface area contributed by atoms with E-state index < -0.39 is 0 Å². The normalized spacial score (nSPS) is 10.2. The minimum absolute atomic E-state index is 0.651. The molecule has 0 aliphatic carbocycles. The van der Waals surface area contributed by atoms with Gasteiger partial charge in [-0.15, -0.1) is 0 Å². The fraction of sp³-hybridized carbons (Fsp3) is 0. The lowest BCUT2D eigenvalue weighted by Gasteiger charge is -2.09. The Bertz CT molecular complexity index is 502. The number of hydrogen-bond acceptors (Lipinski definition) is 1. The van der Waals surface area contributed by atoms with E-state index in [1.54, 1.807) is 6.07 Å². The van der Waals surface area contributed by atoms with Gasteiger partial charge in [0.2, 0.25) is 0 Å². The molecule has 0 atom stereocenters. The lowest BCUT2D eigenvalue weighted by molar-refractivity contribution is 0.479. The van der Waals surface area contributed by atoms with Gasteiger partial charge in [0, 0.05) is 15.6 Å². The average molecular weight is 409 g/mol. The number of hydrogen-bond donors (Lipinski definition) is 0. The van der Waals surface area contributed by atoms with Crippen LogP contribution >= 0.6 is 50.1 Å². The molecular weight excluding hydrogens is 402 g/mol. The predicted octanol–water partition coefficient (Wildman–Crippen LogP) is 5.50. The van der Waals surface area contributed by atoms with Crippen LogP contribution in [0.25, 0.3) is 0 Å². The molecule has 4 heteroatoms. The Labute approximate surface area is 121 Å². The molecule has 1 nitrogen and oxygen atoms in total. The largest absolute Gasteiger partial charge is 0.456 e. The second-order valence-electron chi connectivity index (χ2n) is 3.11. The minimum atomic E-state index is 0.651. The second kappa shape index (κ2) is 5.38. The van der Waals surface area contributed by atoms with Gasteiger partial charge in [0.15, 0.2) is 0 Å².